The Morgan fingerprint density at radius 2 is 2.20 bits per heavy atom. The van der Waals surface area contributed by atoms with Crippen LogP contribution < -0.4 is 5.73 Å². The van der Waals surface area contributed by atoms with E-state index in [-0.39, 0.29) is 5.84 Å². The van der Waals surface area contributed by atoms with Crippen LogP contribution in [0.2, 0.25) is 5.02 Å². The van der Waals surface area contributed by atoms with Crippen LogP contribution in [0, 0.1) is 0 Å². The highest BCUT2D eigenvalue weighted by Crippen LogP contribution is 2.21. The summed E-state index contributed by atoms with van der Waals surface area (Å²) in [4.78, 5) is 4.04. The average molecular weight is 222 g/mol. The summed E-state index contributed by atoms with van der Waals surface area (Å²) >= 11 is 5.87. The fourth-order valence-electron chi connectivity index (χ4n) is 1.39. The molecule has 0 saturated carbocycles. The number of hydrogen-bond acceptors (Lipinski definition) is 3. The molecule has 0 amide bonds. The number of halogens is 1. The van der Waals surface area contributed by atoms with E-state index in [4.69, 9.17) is 22.5 Å². The Morgan fingerprint density at radius 1 is 1.40 bits per heavy atom. The van der Waals surface area contributed by atoms with E-state index in [1.54, 1.807) is 18.3 Å². The monoisotopic (exact) mass is 221 g/mol. The van der Waals surface area contributed by atoms with Crippen LogP contribution in [0.5, 0.6) is 0 Å². The van der Waals surface area contributed by atoms with Gasteiger partial charge in [-0.25, -0.2) is 0 Å². The summed E-state index contributed by atoms with van der Waals surface area (Å²) in [6.45, 7) is 0. The fraction of sp³-hybridized carbons (Fsp3) is 0. The number of pyridine rings is 1. The van der Waals surface area contributed by atoms with Crippen LogP contribution in [0.25, 0.3) is 10.8 Å². The van der Waals surface area contributed by atoms with Crippen LogP contribution in [-0.4, -0.2) is 16.0 Å². The van der Waals surface area contributed by atoms with Crippen molar-refractivity contribution >= 4 is 28.2 Å². The van der Waals surface area contributed by atoms with E-state index >= 15 is 0 Å². The summed E-state index contributed by atoms with van der Waals surface area (Å²) < 4.78 is 0. The maximum Gasteiger partial charge on any atom is 0.189 e. The van der Waals surface area contributed by atoms with E-state index in [0.29, 0.717) is 10.7 Å². The summed E-state index contributed by atoms with van der Waals surface area (Å²) in [5.41, 5.74) is 5.93. The molecule has 2 aromatic rings. The predicted molar refractivity (Wildman–Crippen MR) is 59.3 cm³/mol. The van der Waals surface area contributed by atoms with Gasteiger partial charge in [-0.2, -0.15) is 0 Å². The molecular weight excluding hydrogens is 214 g/mol. The van der Waals surface area contributed by atoms with Gasteiger partial charge in [-0.3, -0.25) is 4.98 Å². The van der Waals surface area contributed by atoms with E-state index in [0.717, 1.165) is 10.8 Å². The second-order valence-electron chi connectivity index (χ2n) is 3.01. The quantitative estimate of drug-likeness (QED) is 0.335. The van der Waals surface area contributed by atoms with Crippen molar-refractivity contribution in [3.8, 4) is 0 Å². The minimum atomic E-state index is -0.0251. The van der Waals surface area contributed by atoms with E-state index < -0.39 is 0 Å². The first kappa shape index (κ1) is 9.73. The largest absolute Gasteiger partial charge is 0.409 e. The molecule has 0 aliphatic heterocycles. The van der Waals surface area contributed by atoms with Crippen molar-refractivity contribution in [2.75, 3.05) is 0 Å². The van der Waals surface area contributed by atoms with Gasteiger partial charge in [0, 0.05) is 16.6 Å². The molecule has 0 spiro atoms. The van der Waals surface area contributed by atoms with Gasteiger partial charge in [0.2, 0.25) is 0 Å². The standard InChI is InChI=1S/C10H8ClN3O/c11-7-2-1-6-3-4-13-9(8(6)5-7)10(12)14-15/h1-5,15H,(H2,12,14). The number of nitrogens with two attached hydrogens (primary N) is 1. The first-order valence-electron chi connectivity index (χ1n) is 4.24. The predicted octanol–water partition coefficient (Wildman–Crippen LogP) is 1.98. The van der Waals surface area contributed by atoms with E-state index in [9.17, 15) is 0 Å². The third-order valence-electron chi connectivity index (χ3n) is 2.08. The lowest BCUT2D eigenvalue weighted by Gasteiger charge is -2.03. The summed E-state index contributed by atoms with van der Waals surface area (Å²) in [7, 11) is 0. The molecule has 0 aliphatic rings. The maximum atomic E-state index is 8.61. The van der Waals surface area contributed by atoms with Gasteiger partial charge in [-0.1, -0.05) is 22.8 Å². The lowest BCUT2D eigenvalue weighted by atomic mass is 10.1. The summed E-state index contributed by atoms with van der Waals surface area (Å²) in [5.74, 6) is -0.0251. The van der Waals surface area contributed by atoms with Crippen molar-refractivity contribution in [2.24, 2.45) is 10.9 Å². The number of oxime groups is 1. The smallest absolute Gasteiger partial charge is 0.189 e. The Kier molecular flexibility index (Phi) is 2.43. The van der Waals surface area contributed by atoms with Crippen molar-refractivity contribution in [1.29, 1.82) is 0 Å². The van der Waals surface area contributed by atoms with Gasteiger partial charge in [0.15, 0.2) is 5.84 Å². The van der Waals surface area contributed by atoms with E-state index in [1.165, 1.54) is 0 Å². The number of amidine groups is 1. The van der Waals surface area contributed by atoms with E-state index in [1.807, 2.05) is 12.1 Å². The van der Waals surface area contributed by atoms with Crippen LogP contribution in [0.4, 0.5) is 0 Å². The molecule has 3 N–H and O–H groups in total. The highest BCUT2D eigenvalue weighted by Gasteiger charge is 2.06. The molecule has 1 aromatic carbocycles. The molecule has 4 nitrogen and oxygen atoms in total. The first-order chi connectivity index (χ1) is 7.22. The Labute approximate surface area is 91.0 Å². The Bertz CT molecular complexity index is 539. The van der Waals surface area contributed by atoms with Gasteiger partial charge in [0.25, 0.3) is 0 Å². The average Bonchev–Trinajstić information content (AvgIpc) is 2.27. The number of hydrogen-bond donors (Lipinski definition) is 2. The lowest BCUT2D eigenvalue weighted by Crippen LogP contribution is -2.15. The van der Waals surface area contributed by atoms with Crippen molar-refractivity contribution < 1.29 is 5.21 Å². The molecule has 0 fully saturated rings. The summed E-state index contributed by atoms with van der Waals surface area (Å²) in [5, 5.41) is 13.8. The van der Waals surface area contributed by atoms with Gasteiger partial charge in [0.05, 0.1) is 0 Å². The maximum absolute atomic E-state index is 8.61. The van der Waals surface area contributed by atoms with Gasteiger partial charge < -0.3 is 10.9 Å². The van der Waals surface area contributed by atoms with Crippen LogP contribution in [0.3, 0.4) is 0 Å². The van der Waals surface area contributed by atoms with Crippen molar-refractivity contribution in [3.63, 3.8) is 0 Å². The molecule has 0 radical (unpaired) electrons. The summed E-state index contributed by atoms with van der Waals surface area (Å²) in [6, 6.07) is 7.20. The van der Waals surface area contributed by atoms with Crippen molar-refractivity contribution in [1.82, 2.24) is 4.98 Å². The van der Waals surface area contributed by atoms with E-state index in [2.05, 4.69) is 10.1 Å². The normalized spacial score (nSPS) is 11.9. The van der Waals surface area contributed by atoms with Crippen LogP contribution in [0.15, 0.2) is 35.6 Å². The zero-order valence-electron chi connectivity index (χ0n) is 7.68. The molecular formula is C10H8ClN3O. The van der Waals surface area contributed by atoms with Gasteiger partial charge >= 0.3 is 0 Å². The van der Waals surface area contributed by atoms with Crippen LogP contribution in [-0.2, 0) is 0 Å². The molecule has 0 bridgehead atoms. The number of benzene rings is 1. The Balaban J connectivity index is 2.79. The summed E-state index contributed by atoms with van der Waals surface area (Å²) in [6.07, 6.45) is 1.60. The lowest BCUT2D eigenvalue weighted by molar-refractivity contribution is 0.318. The third kappa shape index (κ3) is 1.71. The minimum absolute atomic E-state index is 0.0251. The van der Waals surface area contributed by atoms with Crippen LogP contribution >= 0.6 is 11.6 Å². The molecule has 0 saturated heterocycles. The molecule has 0 unspecified atom stereocenters. The van der Waals surface area contributed by atoms with Gasteiger partial charge in [-0.05, 0) is 23.6 Å². The van der Waals surface area contributed by atoms with Crippen molar-refractivity contribution in [3.05, 3.63) is 41.2 Å². The molecule has 0 atom stereocenters. The number of rotatable bonds is 1. The topological polar surface area (TPSA) is 71.5 Å². The number of nitrogens with zero attached hydrogens (tertiary/aromatic N) is 2. The first-order valence-corrected chi connectivity index (χ1v) is 4.62. The Morgan fingerprint density at radius 3 is 2.93 bits per heavy atom. The second kappa shape index (κ2) is 3.74. The number of fused-ring (bicyclic) bond motifs is 1. The zero-order valence-corrected chi connectivity index (χ0v) is 8.44. The Hall–Kier alpha value is -1.81. The highest BCUT2D eigenvalue weighted by molar-refractivity contribution is 6.31. The molecule has 15 heavy (non-hydrogen) atoms. The zero-order chi connectivity index (χ0) is 10.8. The highest BCUT2D eigenvalue weighted by atomic mass is 35.5. The third-order valence-corrected chi connectivity index (χ3v) is 2.31. The van der Waals surface area contributed by atoms with Crippen molar-refractivity contribution in [2.45, 2.75) is 0 Å². The molecule has 1 heterocycles. The van der Waals surface area contributed by atoms with Gasteiger partial charge in [0.1, 0.15) is 5.69 Å². The molecule has 76 valence electrons. The second-order valence-corrected chi connectivity index (χ2v) is 3.45. The molecule has 1 aromatic heterocycles. The molecule has 5 heteroatoms. The molecule has 2 rings (SSSR count). The fourth-order valence-corrected chi connectivity index (χ4v) is 1.56. The molecule has 0 aliphatic carbocycles. The SMILES string of the molecule is N/C(=N/O)c1nccc2ccc(Cl)cc12. The van der Waals surface area contributed by atoms with Crippen LogP contribution in [0.1, 0.15) is 5.69 Å². The number of aromatic nitrogens is 1. The minimum Gasteiger partial charge on any atom is -0.409 e. The van der Waals surface area contributed by atoms with Gasteiger partial charge in [-0.15, -0.1) is 0 Å².